The molecule has 0 aliphatic carbocycles. The van der Waals surface area contributed by atoms with Crippen LogP contribution >= 0.6 is 0 Å². The predicted molar refractivity (Wildman–Crippen MR) is 70.4 cm³/mol. The third-order valence-corrected chi connectivity index (χ3v) is 3.51. The van der Waals surface area contributed by atoms with E-state index in [1.54, 1.807) is 0 Å². The zero-order valence-electron chi connectivity index (χ0n) is 12.5. The van der Waals surface area contributed by atoms with Crippen LogP contribution in [0.2, 0.25) is 0 Å². The van der Waals surface area contributed by atoms with Crippen LogP contribution in [0.25, 0.3) is 0 Å². The highest BCUT2D eigenvalue weighted by atomic mass is 16.9. The highest BCUT2D eigenvalue weighted by molar-refractivity contribution is 4.96. The monoisotopic (exact) mass is 260 g/mol. The molecule has 1 heterocycles. The molecule has 0 amide bonds. The minimum Gasteiger partial charge on any atom is -0.367 e. The fourth-order valence-electron chi connectivity index (χ4n) is 2.79. The fourth-order valence-corrected chi connectivity index (χ4v) is 2.79. The summed E-state index contributed by atoms with van der Waals surface area (Å²) in [6.07, 6.45) is 1.87. The molecular formula is C14H28O4. The Morgan fingerprint density at radius 3 is 2.00 bits per heavy atom. The molecule has 0 radical (unpaired) electrons. The lowest BCUT2D eigenvalue weighted by Crippen LogP contribution is -2.65. The van der Waals surface area contributed by atoms with E-state index in [0.717, 1.165) is 12.8 Å². The largest absolute Gasteiger partial charge is 0.367 e. The third-order valence-electron chi connectivity index (χ3n) is 3.51. The van der Waals surface area contributed by atoms with E-state index < -0.39 is 11.6 Å². The van der Waals surface area contributed by atoms with E-state index in [2.05, 4.69) is 13.8 Å². The average Bonchev–Trinajstić information content (AvgIpc) is 2.33. The number of hydrogen-bond acceptors (Lipinski definition) is 4. The van der Waals surface area contributed by atoms with Crippen molar-refractivity contribution in [2.45, 2.75) is 59.0 Å². The van der Waals surface area contributed by atoms with Gasteiger partial charge in [-0.15, -0.1) is 0 Å². The minimum absolute atomic E-state index is 0.260. The molecule has 4 heteroatoms. The molecule has 1 rings (SSSR count). The summed E-state index contributed by atoms with van der Waals surface area (Å²) in [6, 6.07) is 0. The van der Waals surface area contributed by atoms with Crippen LogP contribution in [-0.4, -0.2) is 38.0 Å². The van der Waals surface area contributed by atoms with Crippen molar-refractivity contribution in [3.8, 4) is 0 Å². The maximum atomic E-state index is 6.08. The van der Waals surface area contributed by atoms with Gasteiger partial charge in [0.25, 0.3) is 0 Å². The van der Waals surface area contributed by atoms with Gasteiger partial charge in [0, 0.05) is 19.8 Å². The van der Waals surface area contributed by atoms with Gasteiger partial charge in [-0.25, -0.2) is 0 Å². The van der Waals surface area contributed by atoms with Crippen LogP contribution in [0.15, 0.2) is 0 Å². The molecule has 1 aliphatic heterocycles. The van der Waals surface area contributed by atoms with E-state index >= 15 is 0 Å². The lowest BCUT2D eigenvalue weighted by Gasteiger charge is -2.52. The average molecular weight is 260 g/mol. The molecule has 0 spiro atoms. The summed E-state index contributed by atoms with van der Waals surface area (Å²) in [4.78, 5) is 0. The Hall–Kier alpha value is -0.160. The smallest absolute Gasteiger partial charge is 0.314 e. The topological polar surface area (TPSA) is 36.9 Å². The van der Waals surface area contributed by atoms with E-state index in [9.17, 15) is 0 Å². The number of hydrogen-bond donors (Lipinski definition) is 0. The van der Waals surface area contributed by atoms with Crippen LogP contribution in [0.5, 0.6) is 0 Å². The number of rotatable bonds is 7. The summed E-state index contributed by atoms with van der Waals surface area (Å²) in [5.41, 5.74) is -0.522. The first kappa shape index (κ1) is 15.9. The Labute approximate surface area is 111 Å². The zero-order valence-corrected chi connectivity index (χ0v) is 12.5. The van der Waals surface area contributed by atoms with Crippen LogP contribution < -0.4 is 0 Å². The summed E-state index contributed by atoms with van der Waals surface area (Å²) in [5.74, 6) is -0.797. The maximum absolute atomic E-state index is 6.08. The molecule has 0 bridgehead atoms. The summed E-state index contributed by atoms with van der Waals surface area (Å²) >= 11 is 0. The normalized spacial score (nSPS) is 27.7. The van der Waals surface area contributed by atoms with Crippen molar-refractivity contribution in [3.63, 3.8) is 0 Å². The second kappa shape index (κ2) is 6.85. The van der Waals surface area contributed by atoms with Crippen LogP contribution in [0.4, 0.5) is 0 Å². The summed E-state index contributed by atoms with van der Waals surface area (Å²) in [7, 11) is 0. The quantitative estimate of drug-likeness (QED) is 0.659. The van der Waals surface area contributed by atoms with Gasteiger partial charge in [-0.3, -0.25) is 0 Å². The lowest BCUT2D eigenvalue weighted by atomic mass is 9.81. The van der Waals surface area contributed by atoms with Gasteiger partial charge in [-0.1, -0.05) is 13.8 Å². The SMILES string of the molecule is CCOC1(OCC)OCCCC1(OCC)C(C)C. The van der Waals surface area contributed by atoms with Crippen LogP contribution in [0.1, 0.15) is 47.5 Å². The molecule has 0 aromatic heterocycles. The molecule has 1 fully saturated rings. The van der Waals surface area contributed by atoms with Gasteiger partial charge in [-0.2, -0.15) is 0 Å². The Balaban J connectivity index is 3.11. The Bertz CT molecular complexity index is 226. The Kier molecular flexibility index (Phi) is 6.05. The zero-order chi connectivity index (χ0) is 13.6. The van der Waals surface area contributed by atoms with E-state index in [4.69, 9.17) is 18.9 Å². The molecule has 0 aromatic carbocycles. The Morgan fingerprint density at radius 1 is 1.00 bits per heavy atom. The molecule has 18 heavy (non-hydrogen) atoms. The molecule has 0 N–H and O–H groups in total. The molecule has 4 nitrogen and oxygen atoms in total. The fraction of sp³-hybridized carbons (Fsp3) is 1.00. The van der Waals surface area contributed by atoms with Gasteiger partial charge in [0.05, 0.1) is 6.61 Å². The number of ether oxygens (including phenoxy) is 4. The maximum Gasteiger partial charge on any atom is 0.314 e. The second-order valence-electron chi connectivity index (χ2n) is 4.85. The third kappa shape index (κ3) is 2.72. The van der Waals surface area contributed by atoms with Crippen molar-refractivity contribution in [2.24, 2.45) is 5.92 Å². The van der Waals surface area contributed by atoms with Gasteiger partial charge >= 0.3 is 5.97 Å². The first-order valence-electron chi connectivity index (χ1n) is 7.14. The van der Waals surface area contributed by atoms with Gasteiger partial charge < -0.3 is 18.9 Å². The second-order valence-corrected chi connectivity index (χ2v) is 4.85. The summed E-state index contributed by atoms with van der Waals surface area (Å²) < 4.78 is 23.7. The first-order chi connectivity index (χ1) is 8.58. The van der Waals surface area contributed by atoms with Gasteiger partial charge in [0.2, 0.25) is 0 Å². The van der Waals surface area contributed by atoms with Crippen molar-refractivity contribution in [1.82, 2.24) is 0 Å². The van der Waals surface area contributed by atoms with Crippen LogP contribution in [0, 0.1) is 5.92 Å². The highest BCUT2D eigenvalue weighted by Crippen LogP contribution is 2.45. The highest BCUT2D eigenvalue weighted by Gasteiger charge is 2.60. The first-order valence-corrected chi connectivity index (χ1v) is 7.14. The van der Waals surface area contributed by atoms with Crippen molar-refractivity contribution < 1.29 is 18.9 Å². The Morgan fingerprint density at radius 2 is 1.56 bits per heavy atom. The van der Waals surface area contributed by atoms with Gasteiger partial charge in [0.1, 0.15) is 0 Å². The van der Waals surface area contributed by atoms with Crippen molar-refractivity contribution in [1.29, 1.82) is 0 Å². The standard InChI is InChI=1S/C14H28O4/c1-6-15-13(12(4)5)10-9-11-18-14(13,16-7-2)17-8-3/h12H,6-11H2,1-5H3. The van der Waals surface area contributed by atoms with E-state index in [0.29, 0.717) is 26.4 Å². The molecular weight excluding hydrogens is 232 g/mol. The predicted octanol–water partition coefficient (Wildman–Crippen LogP) is 2.95. The van der Waals surface area contributed by atoms with Crippen LogP contribution in [0.3, 0.4) is 0 Å². The molecule has 1 unspecified atom stereocenters. The van der Waals surface area contributed by atoms with E-state index in [1.807, 2.05) is 20.8 Å². The van der Waals surface area contributed by atoms with Crippen LogP contribution in [-0.2, 0) is 18.9 Å². The van der Waals surface area contributed by atoms with Crippen molar-refractivity contribution in [3.05, 3.63) is 0 Å². The van der Waals surface area contributed by atoms with E-state index in [1.165, 1.54) is 0 Å². The van der Waals surface area contributed by atoms with Gasteiger partial charge in [-0.05, 0) is 39.5 Å². The minimum atomic E-state index is -1.06. The van der Waals surface area contributed by atoms with Crippen molar-refractivity contribution in [2.75, 3.05) is 26.4 Å². The molecule has 1 aliphatic rings. The summed E-state index contributed by atoms with van der Waals surface area (Å²) in [5, 5.41) is 0. The van der Waals surface area contributed by atoms with Crippen molar-refractivity contribution >= 4 is 0 Å². The van der Waals surface area contributed by atoms with E-state index in [-0.39, 0.29) is 5.92 Å². The molecule has 1 saturated heterocycles. The molecule has 1 atom stereocenters. The lowest BCUT2D eigenvalue weighted by molar-refractivity contribution is -0.465. The molecule has 108 valence electrons. The summed E-state index contributed by atoms with van der Waals surface area (Å²) in [6.45, 7) is 12.6. The molecule has 0 saturated carbocycles. The van der Waals surface area contributed by atoms with Gasteiger partial charge in [0.15, 0.2) is 5.60 Å². The molecule has 0 aromatic rings.